The standard InChI is InChI=1S/C43H80O14P2/c1-4-5-24-30-39(44)31-26-21-17-13-11-15-18-22-27-32-42(46)53-36-41(37-56-59(51,52)55-35-40(45)34-54-58(48,49)50)57-43(47)33-28-23-19-14-10-8-6-7-9-12-16-20-25-29-38(2)3/h17,21,26,31,38,40-41,45H,4-16,18-20,22-25,27-30,32-37H2,1-3H3,(H,51,52)(H2,48,49,50)/b21-17-,31-26+/t40-,41+/m0/s1. The van der Waals surface area contributed by atoms with Crippen molar-refractivity contribution in [3.05, 3.63) is 24.3 Å². The number of unbranched alkanes of at least 4 members (excludes halogenated alkanes) is 19. The fourth-order valence-electron chi connectivity index (χ4n) is 6.04. The van der Waals surface area contributed by atoms with Crippen molar-refractivity contribution in [1.29, 1.82) is 0 Å². The molecule has 0 fully saturated rings. The van der Waals surface area contributed by atoms with E-state index in [0.29, 0.717) is 19.3 Å². The third-order valence-corrected chi connectivity index (χ3v) is 10.9. The molecular weight excluding hydrogens is 802 g/mol. The van der Waals surface area contributed by atoms with Crippen LogP contribution in [0.3, 0.4) is 0 Å². The lowest BCUT2D eigenvalue weighted by Gasteiger charge is -2.20. The Bertz CT molecular complexity index is 1220. The SMILES string of the molecule is CCCCCC(=O)/C=C/C=C\CCCCCCCC(=O)OC[C@H](COP(=O)(O)OC[C@@H](O)COP(=O)(O)O)OC(=O)CCCCCCCCCCCCCCCC(C)C. The molecule has 0 aliphatic rings. The van der Waals surface area contributed by atoms with Gasteiger partial charge in [-0.05, 0) is 44.1 Å². The maximum atomic E-state index is 12.7. The molecule has 0 aromatic carbocycles. The summed E-state index contributed by atoms with van der Waals surface area (Å²) in [5.41, 5.74) is 0. The van der Waals surface area contributed by atoms with Crippen molar-refractivity contribution < 1.29 is 66.3 Å². The van der Waals surface area contributed by atoms with Gasteiger partial charge in [0, 0.05) is 19.3 Å². The topological polar surface area (TPSA) is 212 Å². The van der Waals surface area contributed by atoms with Gasteiger partial charge in [0.2, 0.25) is 0 Å². The number of phosphoric acid groups is 2. The van der Waals surface area contributed by atoms with E-state index >= 15 is 0 Å². The number of ether oxygens (including phenoxy) is 2. The first-order chi connectivity index (χ1) is 28.1. The van der Waals surface area contributed by atoms with E-state index in [-0.39, 0.29) is 18.6 Å². The number of aliphatic hydroxyl groups is 1. The van der Waals surface area contributed by atoms with E-state index in [9.17, 15) is 33.5 Å². The molecule has 346 valence electrons. The second-order valence-electron chi connectivity index (χ2n) is 15.8. The monoisotopic (exact) mass is 883 g/mol. The maximum Gasteiger partial charge on any atom is 0.472 e. The van der Waals surface area contributed by atoms with Gasteiger partial charge in [-0.15, -0.1) is 0 Å². The average molecular weight is 883 g/mol. The smallest absolute Gasteiger partial charge is 0.462 e. The van der Waals surface area contributed by atoms with Gasteiger partial charge in [0.1, 0.15) is 12.7 Å². The van der Waals surface area contributed by atoms with E-state index in [1.807, 2.05) is 12.2 Å². The highest BCUT2D eigenvalue weighted by atomic mass is 31.2. The number of carbonyl (C=O) groups excluding carboxylic acids is 3. The van der Waals surface area contributed by atoms with Gasteiger partial charge in [-0.25, -0.2) is 9.13 Å². The summed E-state index contributed by atoms with van der Waals surface area (Å²) >= 11 is 0. The zero-order valence-electron chi connectivity index (χ0n) is 36.5. The minimum absolute atomic E-state index is 0.117. The Morgan fingerprint density at radius 1 is 0.576 bits per heavy atom. The molecule has 16 heteroatoms. The molecule has 4 N–H and O–H groups in total. The van der Waals surface area contributed by atoms with Gasteiger partial charge in [-0.2, -0.15) is 0 Å². The molecule has 1 unspecified atom stereocenters. The zero-order chi connectivity index (χ0) is 44.0. The molecule has 0 aromatic heterocycles. The van der Waals surface area contributed by atoms with Crippen molar-refractivity contribution in [3.63, 3.8) is 0 Å². The highest BCUT2D eigenvalue weighted by Crippen LogP contribution is 2.43. The number of rotatable bonds is 42. The minimum atomic E-state index is -4.87. The second-order valence-corrected chi connectivity index (χ2v) is 18.5. The van der Waals surface area contributed by atoms with E-state index in [4.69, 9.17) is 23.8 Å². The molecule has 0 saturated heterocycles. The molecule has 0 spiro atoms. The highest BCUT2D eigenvalue weighted by Gasteiger charge is 2.28. The molecule has 0 saturated carbocycles. The summed E-state index contributed by atoms with van der Waals surface area (Å²) < 4.78 is 47.7. The molecular formula is C43H80O14P2. The van der Waals surface area contributed by atoms with Gasteiger partial charge in [0.05, 0.1) is 19.8 Å². The summed E-state index contributed by atoms with van der Waals surface area (Å²) in [6.45, 7) is 3.89. The summed E-state index contributed by atoms with van der Waals surface area (Å²) in [5.74, 6) is -0.139. The first kappa shape index (κ1) is 57.3. The zero-order valence-corrected chi connectivity index (χ0v) is 38.3. The van der Waals surface area contributed by atoms with Crippen LogP contribution < -0.4 is 0 Å². The van der Waals surface area contributed by atoms with E-state index in [2.05, 4.69) is 29.8 Å². The molecule has 0 aromatic rings. The second kappa shape index (κ2) is 38.0. The molecule has 0 heterocycles. The van der Waals surface area contributed by atoms with E-state index in [1.54, 1.807) is 12.2 Å². The van der Waals surface area contributed by atoms with Gasteiger partial charge in [-0.3, -0.25) is 28.0 Å². The Balaban J connectivity index is 4.55. The summed E-state index contributed by atoms with van der Waals surface area (Å²) in [5, 5.41) is 9.74. The lowest BCUT2D eigenvalue weighted by molar-refractivity contribution is -0.161. The molecule has 0 radical (unpaired) electrons. The summed E-state index contributed by atoms with van der Waals surface area (Å²) in [4.78, 5) is 64.4. The average Bonchev–Trinajstić information content (AvgIpc) is 3.17. The Morgan fingerprint density at radius 2 is 1.07 bits per heavy atom. The van der Waals surface area contributed by atoms with Crippen molar-refractivity contribution in [2.45, 2.75) is 200 Å². The molecule has 0 bridgehead atoms. The number of aliphatic hydroxyl groups excluding tert-OH is 1. The van der Waals surface area contributed by atoms with Crippen LogP contribution in [0.15, 0.2) is 24.3 Å². The number of hydrogen-bond donors (Lipinski definition) is 4. The molecule has 0 aliphatic carbocycles. The van der Waals surface area contributed by atoms with Crippen molar-refractivity contribution in [3.8, 4) is 0 Å². The summed E-state index contributed by atoms with van der Waals surface area (Å²) in [6, 6.07) is 0. The maximum absolute atomic E-state index is 12.7. The largest absolute Gasteiger partial charge is 0.472 e. The van der Waals surface area contributed by atoms with E-state index < -0.39 is 66.2 Å². The van der Waals surface area contributed by atoms with Crippen LogP contribution in [0.25, 0.3) is 0 Å². The Hall–Kier alpha value is -1.73. The van der Waals surface area contributed by atoms with Crippen molar-refractivity contribution in [1.82, 2.24) is 0 Å². The number of ketones is 1. The Kier molecular flexibility index (Phi) is 36.9. The predicted molar refractivity (Wildman–Crippen MR) is 230 cm³/mol. The van der Waals surface area contributed by atoms with Gasteiger partial charge < -0.3 is 29.3 Å². The third-order valence-electron chi connectivity index (χ3n) is 9.49. The van der Waals surface area contributed by atoms with Crippen molar-refractivity contribution in [2.75, 3.05) is 26.4 Å². The third kappa shape index (κ3) is 42.7. The van der Waals surface area contributed by atoms with Gasteiger partial charge in [0.25, 0.3) is 0 Å². The first-order valence-corrected chi connectivity index (χ1v) is 25.4. The number of esters is 2. The van der Waals surface area contributed by atoms with Crippen LogP contribution in [0.5, 0.6) is 0 Å². The fraction of sp³-hybridized carbons (Fsp3) is 0.837. The van der Waals surface area contributed by atoms with Crippen LogP contribution in [-0.4, -0.2) is 76.1 Å². The number of phosphoric ester groups is 2. The van der Waals surface area contributed by atoms with Crippen LogP contribution in [0.2, 0.25) is 0 Å². The molecule has 0 amide bonds. The first-order valence-electron chi connectivity index (χ1n) is 22.3. The normalized spacial score (nSPS) is 14.2. The summed E-state index contributed by atoms with van der Waals surface area (Å²) in [6.07, 6.45) is 30.1. The van der Waals surface area contributed by atoms with Gasteiger partial charge >= 0.3 is 27.6 Å². The number of carbonyl (C=O) groups is 3. The quantitative estimate of drug-likeness (QED) is 0.0148. The Morgan fingerprint density at radius 3 is 1.63 bits per heavy atom. The number of allylic oxidation sites excluding steroid dienone is 4. The summed E-state index contributed by atoms with van der Waals surface area (Å²) in [7, 11) is -9.69. The fourth-order valence-corrected chi connectivity index (χ4v) is 7.20. The molecule has 14 nitrogen and oxygen atoms in total. The van der Waals surface area contributed by atoms with Crippen LogP contribution in [0.1, 0.15) is 188 Å². The van der Waals surface area contributed by atoms with Crippen LogP contribution in [-0.2, 0) is 46.6 Å². The minimum Gasteiger partial charge on any atom is -0.462 e. The lowest BCUT2D eigenvalue weighted by atomic mass is 10.0. The molecule has 0 rings (SSSR count). The van der Waals surface area contributed by atoms with Crippen LogP contribution in [0, 0.1) is 5.92 Å². The highest BCUT2D eigenvalue weighted by molar-refractivity contribution is 7.47. The molecule has 3 atom stereocenters. The lowest BCUT2D eigenvalue weighted by Crippen LogP contribution is -2.30. The molecule has 0 aliphatic heterocycles. The van der Waals surface area contributed by atoms with Gasteiger partial charge in [0.15, 0.2) is 11.9 Å². The number of hydrogen-bond acceptors (Lipinski definition) is 11. The van der Waals surface area contributed by atoms with Gasteiger partial charge in [-0.1, -0.05) is 155 Å². The van der Waals surface area contributed by atoms with Crippen molar-refractivity contribution in [2.24, 2.45) is 5.92 Å². The molecule has 59 heavy (non-hydrogen) atoms. The van der Waals surface area contributed by atoms with Crippen molar-refractivity contribution >= 4 is 33.4 Å². The van der Waals surface area contributed by atoms with E-state index in [0.717, 1.165) is 76.5 Å². The Labute approximate surface area is 355 Å². The predicted octanol–water partition coefficient (Wildman–Crippen LogP) is 10.5. The van der Waals surface area contributed by atoms with Crippen LogP contribution >= 0.6 is 15.6 Å². The van der Waals surface area contributed by atoms with Crippen LogP contribution in [0.4, 0.5) is 0 Å². The van der Waals surface area contributed by atoms with E-state index in [1.165, 1.54) is 64.2 Å².